The van der Waals surface area contributed by atoms with E-state index < -0.39 is 10.0 Å². The Morgan fingerprint density at radius 1 is 1.19 bits per heavy atom. The molecule has 4 nitrogen and oxygen atoms in total. The lowest BCUT2D eigenvalue weighted by molar-refractivity contribution is 0.561. The number of hydrogen-bond acceptors (Lipinski definition) is 4. The number of thiophene rings is 1. The summed E-state index contributed by atoms with van der Waals surface area (Å²) in [5, 5.41) is 6.36. The van der Waals surface area contributed by atoms with Crippen LogP contribution in [0.15, 0.2) is 29.6 Å². The fraction of sp³-hybridized carbons (Fsp3) is 0.467. The van der Waals surface area contributed by atoms with E-state index in [1.54, 1.807) is 11.3 Å². The molecule has 2 N–H and O–H groups in total. The van der Waals surface area contributed by atoms with Crippen LogP contribution in [-0.2, 0) is 10.0 Å². The van der Waals surface area contributed by atoms with E-state index in [4.69, 9.17) is 0 Å². The lowest BCUT2D eigenvalue weighted by Gasteiger charge is -2.09. The molecule has 0 amide bonds. The van der Waals surface area contributed by atoms with E-state index in [1.807, 2.05) is 29.6 Å². The lowest BCUT2D eigenvalue weighted by atomic mass is 10.2. The maximum Gasteiger partial charge on any atom is 0.232 e. The summed E-state index contributed by atoms with van der Waals surface area (Å²) >= 11 is 1.65. The molecule has 2 rings (SSSR count). The van der Waals surface area contributed by atoms with E-state index in [2.05, 4.69) is 23.9 Å². The van der Waals surface area contributed by atoms with E-state index in [0.29, 0.717) is 18.2 Å². The normalized spacial score (nSPS) is 12.1. The number of unbranched alkanes of at least 4 members (excludes halogenated alkanes) is 1. The van der Waals surface area contributed by atoms with E-state index in [-0.39, 0.29) is 5.75 Å². The number of rotatable bonds is 8. The zero-order valence-electron chi connectivity index (χ0n) is 12.4. The van der Waals surface area contributed by atoms with Crippen molar-refractivity contribution in [3.05, 3.63) is 29.6 Å². The van der Waals surface area contributed by atoms with Crippen LogP contribution in [0.3, 0.4) is 0 Å². The summed E-state index contributed by atoms with van der Waals surface area (Å²) < 4.78 is 27.9. The Labute approximate surface area is 130 Å². The van der Waals surface area contributed by atoms with Gasteiger partial charge in [-0.25, -0.2) is 8.42 Å². The third-order valence-electron chi connectivity index (χ3n) is 3.12. The standard InChI is InChI=1S/C15H22N2O2S2/c1-12(2)16-8-3-4-10-21(18,19)17-14-5-6-15-13(11-14)7-9-20-15/h5-7,9,11-12,16-17H,3-4,8,10H2,1-2H3. The molecule has 0 saturated heterocycles. The minimum absolute atomic E-state index is 0.161. The molecule has 0 bridgehead atoms. The van der Waals surface area contributed by atoms with Gasteiger partial charge in [0.15, 0.2) is 0 Å². The first-order valence-electron chi connectivity index (χ1n) is 7.17. The highest BCUT2D eigenvalue weighted by Crippen LogP contribution is 2.24. The van der Waals surface area contributed by atoms with Gasteiger partial charge >= 0.3 is 0 Å². The molecule has 116 valence electrons. The fourth-order valence-corrected chi connectivity index (χ4v) is 4.01. The van der Waals surface area contributed by atoms with Gasteiger partial charge in [0.05, 0.1) is 5.75 Å². The Morgan fingerprint density at radius 2 is 2.00 bits per heavy atom. The summed E-state index contributed by atoms with van der Waals surface area (Å²) in [6.45, 7) is 5.02. The third kappa shape index (κ3) is 5.30. The Hall–Kier alpha value is -1.11. The molecule has 0 saturated carbocycles. The predicted molar refractivity (Wildman–Crippen MR) is 91.6 cm³/mol. The zero-order chi connectivity index (χ0) is 15.3. The summed E-state index contributed by atoms with van der Waals surface area (Å²) in [4.78, 5) is 0. The van der Waals surface area contributed by atoms with E-state index in [0.717, 1.165) is 23.1 Å². The number of hydrogen-bond donors (Lipinski definition) is 2. The molecule has 1 aromatic heterocycles. The second-order valence-corrected chi connectivity index (χ2v) is 8.20. The van der Waals surface area contributed by atoms with Crippen LogP contribution in [0.4, 0.5) is 5.69 Å². The van der Waals surface area contributed by atoms with Crippen molar-refractivity contribution >= 4 is 37.1 Å². The van der Waals surface area contributed by atoms with Crippen molar-refractivity contribution in [2.45, 2.75) is 32.7 Å². The van der Waals surface area contributed by atoms with Crippen molar-refractivity contribution in [3.8, 4) is 0 Å². The first-order chi connectivity index (χ1) is 9.96. The molecule has 0 atom stereocenters. The van der Waals surface area contributed by atoms with Gasteiger partial charge in [0.25, 0.3) is 0 Å². The second-order valence-electron chi connectivity index (χ2n) is 5.41. The van der Waals surface area contributed by atoms with Gasteiger partial charge in [-0.05, 0) is 54.4 Å². The number of anilines is 1. The van der Waals surface area contributed by atoms with Gasteiger partial charge in [-0.1, -0.05) is 13.8 Å². The molecule has 1 heterocycles. The SMILES string of the molecule is CC(C)NCCCCS(=O)(=O)Nc1ccc2sccc2c1. The van der Waals surface area contributed by atoms with Gasteiger partial charge in [-0.3, -0.25) is 4.72 Å². The molecule has 6 heteroatoms. The zero-order valence-corrected chi connectivity index (χ0v) is 14.1. The maximum atomic E-state index is 12.0. The van der Waals surface area contributed by atoms with Gasteiger partial charge in [-0.2, -0.15) is 0 Å². The van der Waals surface area contributed by atoms with E-state index in [1.165, 1.54) is 0 Å². The van der Waals surface area contributed by atoms with Gasteiger partial charge in [0.2, 0.25) is 10.0 Å². The van der Waals surface area contributed by atoms with E-state index in [9.17, 15) is 8.42 Å². The average Bonchev–Trinajstić information content (AvgIpc) is 2.84. The number of nitrogens with one attached hydrogen (secondary N) is 2. The topological polar surface area (TPSA) is 58.2 Å². The van der Waals surface area contributed by atoms with Crippen LogP contribution in [0, 0.1) is 0 Å². The van der Waals surface area contributed by atoms with Crippen molar-refractivity contribution in [2.75, 3.05) is 17.0 Å². The van der Waals surface area contributed by atoms with Crippen LogP contribution in [0.1, 0.15) is 26.7 Å². The first kappa shape index (κ1) is 16.3. The highest BCUT2D eigenvalue weighted by Gasteiger charge is 2.10. The van der Waals surface area contributed by atoms with Crippen molar-refractivity contribution in [1.29, 1.82) is 0 Å². The predicted octanol–water partition coefficient (Wildman–Crippen LogP) is 3.42. The maximum absolute atomic E-state index is 12.0. The number of sulfonamides is 1. The Kier molecular flexibility index (Phi) is 5.61. The van der Waals surface area contributed by atoms with Crippen LogP contribution in [-0.4, -0.2) is 26.8 Å². The van der Waals surface area contributed by atoms with Gasteiger partial charge < -0.3 is 5.32 Å². The fourth-order valence-electron chi connectivity index (χ4n) is 2.07. The first-order valence-corrected chi connectivity index (χ1v) is 9.70. The lowest BCUT2D eigenvalue weighted by Crippen LogP contribution is -2.24. The molecule has 0 aliphatic carbocycles. The van der Waals surface area contributed by atoms with E-state index >= 15 is 0 Å². The van der Waals surface area contributed by atoms with Gasteiger partial charge in [0.1, 0.15) is 0 Å². The Morgan fingerprint density at radius 3 is 2.76 bits per heavy atom. The number of benzene rings is 1. The van der Waals surface area contributed by atoms with Gasteiger partial charge in [0, 0.05) is 16.4 Å². The van der Waals surface area contributed by atoms with Crippen molar-refractivity contribution in [2.24, 2.45) is 0 Å². The summed E-state index contributed by atoms with van der Waals surface area (Å²) in [5.74, 6) is 0.161. The van der Waals surface area contributed by atoms with Crippen LogP contribution in [0.2, 0.25) is 0 Å². The van der Waals surface area contributed by atoms with Crippen molar-refractivity contribution in [3.63, 3.8) is 0 Å². The van der Waals surface area contributed by atoms with Crippen LogP contribution in [0.5, 0.6) is 0 Å². The third-order valence-corrected chi connectivity index (χ3v) is 5.39. The largest absolute Gasteiger partial charge is 0.315 e. The minimum Gasteiger partial charge on any atom is -0.315 e. The van der Waals surface area contributed by atoms with Crippen LogP contribution < -0.4 is 10.0 Å². The minimum atomic E-state index is -3.26. The molecule has 21 heavy (non-hydrogen) atoms. The molecule has 0 radical (unpaired) electrons. The molecule has 0 spiro atoms. The molecule has 0 fully saturated rings. The molecule has 0 aliphatic rings. The average molecular weight is 326 g/mol. The number of fused-ring (bicyclic) bond motifs is 1. The van der Waals surface area contributed by atoms with Crippen molar-refractivity contribution in [1.82, 2.24) is 5.32 Å². The molecular weight excluding hydrogens is 304 g/mol. The molecular formula is C15H22N2O2S2. The molecule has 0 aliphatic heterocycles. The second kappa shape index (κ2) is 7.24. The van der Waals surface area contributed by atoms with Crippen molar-refractivity contribution < 1.29 is 8.42 Å². The van der Waals surface area contributed by atoms with Crippen LogP contribution >= 0.6 is 11.3 Å². The quantitative estimate of drug-likeness (QED) is 0.731. The molecule has 0 unspecified atom stereocenters. The summed E-state index contributed by atoms with van der Waals surface area (Å²) in [7, 11) is -3.26. The molecule has 2 aromatic rings. The monoisotopic (exact) mass is 326 g/mol. The highest BCUT2D eigenvalue weighted by atomic mass is 32.2. The smallest absolute Gasteiger partial charge is 0.232 e. The highest BCUT2D eigenvalue weighted by molar-refractivity contribution is 7.92. The summed E-state index contributed by atoms with van der Waals surface area (Å²) in [5.41, 5.74) is 0.640. The Bertz CT molecular complexity index is 678. The molecule has 1 aromatic carbocycles. The summed E-state index contributed by atoms with van der Waals surface area (Å²) in [6.07, 6.45) is 1.53. The summed E-state index contributed by atoms with van der Waals surface area (Å²) in [6, 6.07) is 8.08. The van der Waals surface area contributed by atoms with Gasteiger partial charge in [-0.15, -0.1) is 11.3 Å². The Balaban J connectivity index is 1.85. The van der Waals surface area contributed by atoms with Crippen LogP contribution in [0.25, 0.3) is 10.1 Å².